The fourth-order valence-corrected chi connectivity index (χ4v) is 2.61. The Labute approximate surface area is 157 Å². The van der Waals surface area contributed by atoms with Crippen molar-refractivity contribution >= 4 is 17.9 Å². The Morgan fingerprint density at radius 3 is 2.52 bits per heavy atom. The van der Waals surface area contributed by atoms with E-state index in [0.717, 1.165) is 4.57 Å². The number of nitriles is 1. The third-order valence-corrected chi connectivity index (χ3v) is 4.03. The van der Waals surface area contributed by atoms with E-state index in [4.69, 9.17) is 4.74 Å². The number of ether oxygens (including phenoxy) is 1. The highest BCUT2D eigenvalue weighted by Crippen LogP contribution is 2.24. The minimum absolute atomic E-state index is 0.0272. The second-order valence-corrected chi connectivity index (χ2v) is 6.14. The van der Waals surface area contributed by atoms with Gasteiger partial charge in [0.25, 0.3) is 5.56 Å². The summed E-state index contributed by atoms with van der Waals surface area (Å²) >= 11 is 0. The van der Waals surface area contributed by atoms with E-state index < -0.39 is 11.5 Å². The van der Waals surface area contributed by atoms with E-state index in [1.165, 1.54) is 6.21 Å². The van der Waals surface area contributed by atoms with Crippen molar-refractivity contribution in [3.63, 3.8) is 0 Å². The van der Waals surface area contributed by atoms with Crippen molar-refractivity contribution < 1.29 is 14.6 Å². The third kappa shape index (κ3) is 4.06. The molecule has 1 heterocycles. The fraction of sp³-hybridized carbons (Fsp3) is 0.300. The maximum Gasteiger partial charge on any atom is 0.338 e. The number of aromatic hydroxyl groups is 1. The summed E-state index contributed by atoms with van der Waals surface area (Å²) in [6, 6.07) is 8.04. The van der Waals surface area contributed by atoms with Crippen molar-refractivity contribution in [1.82, 2.24) is 4.57 Å². The topological polar surface area (TPSA) is 105 Å². The van der Waals surface area contributed by atoms with E-state index in [9.17, 15) is 20.0 Å². The smallest absolute Gasteiger partial charge is 0.338 e. The van der Waals surface area contributed by atoms with Crippen LogP contribution >= 0.6 is 0 Å². The summed E-state index contributed by atoms with van der Waals surface area (Å²) in [5, 5.41) is 19.8. The lowest BCUT2D eigenvalue weighted by Crippen LogP contribution is -2.26. The molecule has 0 atom stereocenters. The molecule has 0 spiro atoms. The van der Waals surface area contributed by atoms with Gasteiger partial charge in [0.05, 0.1) is 23.4 Å². The lowest BCUT2D eigenvalue weighted by atomic mass is 10.1. The summed E-state index contributed by atoms with van der Waals surface area (Å²) < 4.78 is 6.09. The van der Waals surface area contributed by atoms with Crippen molar-refractivity contribution in [3.05, 3.63) is 56.9 Å². The maximum absolute atomic E-state index is 12.4. The first-order valence-electron chi connectivity index (χ1n) is 8.51. The quantitative estimate of drug-likeness (QED) is 0.645. The lowest BCUT2D eigenvalue weighted by Gasteiger charge is -2.16. The average molecular weight is 367 g/mol. The van der Waals surface area contributed by atoms with Crippen LogP contribution in [0.2, 0.25) is 0 Å². The molecule has 2 aromatic rings. The molecular weight excluding hydrogens is 346 g/mol. The molecule has 0 aliphatic carbocycles. The van der Waals surface area contributed by atoms with E-state index in [2.05, 4.69) is 4.99 Å². The standard InChI is InChI=1S/C20H21N3O4/c1-5-27-20(26)14-6-8-15(9-7-14)22-11-17-13(4)16(10-21)18(24)23(12(2)3)19(17)25/h6-9,11-12,25H,5H2,1-4H3. The van der Waals surface area contributed by atoms with Crippen molar-refractivity contribution in [3.8, 4) is 11.9 Å². The van der Waals surface area contributed by atoms with Crippen molar-refractivity contribution in [2.45, 2.75) is 33.7 Å². The Bertz CT molecular complexity index is 980. The van der Waals surface area contributed by atoms with Crippen LogP contribution < -0.4 is 5.56 Å². The predicted octanol–water partition coefficient (Wildman–Crippen LogP) is 3.24. The minimum Gasteiger partial charge on any atom is -0.494 e. The molecule has 0 saturated heterocycles. The first kappa shape index (κ1) is 19.9. The lowest BCUT2D eigenvalue weighted by molar-refractivity contribution is 0.0526. The van der Waals surface area contributed by atoms with Gasteiger partial charge in [0.15, 0.2) is 0 Å². The van der Waals surface area contributed by atoms with Gasteiger partial charge in [-0.1, -0.05) is 0 Å². The monoisotopic (exact) mass is 367 g/mol. The number of benzene rings is 1. The van der Waals surface area contributed by atoms with Gasteiger partial charge < -0.3 is 9.84 Å². The molecule has 0 fully saturated rings. The van der Waals surface area contributed by atoms with Crippen molar-refractivity contribution in [2.75, 3.05) is 6.61 Å². The zero-order valence-corrected chi connectivity index (χ0v) is 15.7. The summed E-state index contributed by atoms with van der Waals surface area (Å²) in [5.41, 5.74) is 1.06. The molecule has 0 radical (unpaired) electrons. The largest absolute Gasteiger partial charge is 0.494 e. The minimum atomic E-state index is -0.529. The number of nitrogens with zero attached hydrogens (tertiary/aromatic N) is 3. The van der Waals surface area contributed by atoms with E-state index in [0.29, 0.717) is 29.0 Å². The van der Waals surface area contributed by atoms with Crippen LogP contribution in [0.5, 0.6) is 5.88 Å². The second kappa shape index (κ2) is 8.32. The number of carbonyl (C=O) groups is 1. The molecule has 140 valence electrons. The van der Waals surface area contributed by atoms with Crippen LogP contribution in [0, 0.1) is 18.3 Å². The highest BCUT2D eigenvalue weighted by atomic mass is 16.5. The number of carbonyl (C=O) groups excluding carboxylic acids is 1. The zero-order chi connectivity index (χ0) is 20.1. The summed E-state index contributed by atoms with van der Waals surface area (Å²) in [4.78, 5) is 28.3. The molecule has 0 bridgehead atoms. The van der Waals surface area contributed by atoms with Gasteiger partial charge >= 0.3 is 5.97 Å². The molecule has 0 unspecified atom stereocenters. The Morgan fingerprint density at radius 2 is 2.00 bits per heavy atom. The fourth-order valence-electron chi connectivity index (χ4n) is 2.61. The molecule has 1 aromatic carbocycles. The maximum atomic E-state index is 12.4. The molecule has 1 N–H and O–H groups in total. The number of hydrogen-bond donors (Lipinski definition) is 1. The van der Waals surface area contributed by atoms with Crippen LogP contribution in [0.25, 0.3) is 0 Å². The first-order valence-corrected chi connectivity index (χ1v) is 8.51. The molecule has 0 aliphatic rings. The molecule has 0 amide bonds. The van der Waals surface area contributed by atoms with Crippen LogP contribution in [-0.4, -0.2) is 28.5 Å². The number of aromatic nitrogens is 1. The second-order valence-electron chi connectivity index (χ2n) is 6.14. The molecule has 7 heteroatoms. The first-order chi connectivity index (χ1) is 12.8. The number of pyridine rings is 1. The van der Waals surface area contributed by atoms with Crippen molar-refractivity contribution in [2.24, 2.45) is 4.99 Å². The van der Waals surface area contributed by atoms with Gasteiger partial charge in [0, 0.05) is 12.3 Å². The summed E-state index contributed by atoms with van der Waals surface area (Å²) in [7, 11) is 0. The highest BCUT2D eigenvalue weighted by Gasteiger charge is 2.19. The zero-order valence-electron chi connectivity index (χ0n) is 15.7. The molecule has 0 aliphatic heterocycles. The summed E-state index contributed by atoms with van der Waals surface area (Å²) in [6.07, 6.45) is 1.41. The summed E-state index contributed by atoms with van der Waals surface area (Å²) in [6.45, 7) is 7.11. The van der Waals surface area contributed by atoms with Crippen LogP contribution in [0.1, 0.15) is 53.9 Å². The molecule has 1 aromatic heterocycles. The van der Waals surface area contributed by atoms with Gasteiger partial charge in [-0.3, -0.25) is 14.4 Å². The van der Waals surface area contributed by atoms with Crippen molar-refractivity contribution in [1.29, 1.82) is 5.26 Å². The van der Waals surface area contributed by atoms with E-state index in [1.54, 1.807) is 52.0 Å². The van der Waals surface area contributed by atoms with E-state index >= 15 is 0 Å². The molecule has 2 rings (SSSR count). The molecular formula is C20H21N3O4. The Morgan fingerprint density at radius 1 is 1.37 bits per heavy atom. The number of rotatable bonds is 5. The van der Waals surface area contributed by atoms with Crippen LogP contribution in [0.15, 0.2) is 34.1 Å². The normalized spacial score (nSPS) is 11.0. The van der Waals surface area contributed by atoms with Crippen LogP contribution in [0.4, 0.5) is 5.69 Å². The van der Waals surface area contributed by atoms with Crippen LogP contribution in [0.3, 0.4) is 0 Å². The SMILES string of the molecule is CCOC(=O)c1ccc(N=Cc2c(C)c(C#N)c(=O)n(C(C)C)c2O)cc1. The number of esters is 1. The Hall–Kier alpha value is -3.40. The molecule has 0 saturated carbocycles. The molecule has 7 nitrogen and oxygen atoms in total. The van der Waals surface area contributed by atoms with Crippen LogP contribution in [-0.2, 0) is 4.74 Å². The number of hydrogen-bond acceptors (Lipinski definition) is 6. The van der Waals surface area contributed by atoms with Gasteiger partial charge in [-0.15, -0.1) is 0 Å². The molecule has 27 heavy (non-hydrogen) atoms. The average Bonchev–Trinajstić information content (AvgIpc) is 2.62. The van der Waals surface area contributed by atoms with E-state index in [-0.39, 0.29) is 17.5 Å². The van der Waals surface area contributed by atoms with Gasteiger partial charge in [-0.2, -0.15) is 5.26 Å². The Kier molecular flexibility index (Phi) is 6.14. The third-order valence-electron chi connectivity index (χ3n) is 4.03. The van der Waals surface area contributed by atoms with Gasteiger partial charge in [0.2, 0.25) is 5.88 Å². The highest BCUT2D eigenvalue weighted by molar-refractivity contribution is 5.90. The van der Waals surface area contributed by atoms with Gasteiger partial charge in [-0.25, -0.2) is 4.79 Å². The van der Waals surface area contributed by atoms with E-state index in [1.807, 2.05) is 6.07 Å². The Balaban J connectivity index is 2.45. The predicted molar refractivity (Wildman–Crippen MR) is 102 cm³/mol. The van der Waals surface area contributed by atoms with Gasteiger partial charge in [-0.05, 0) is 57.5 Å². The van der Waals surface area contributed by atoms with Gasteiger partial charge in [0.1, 0.15) is 11.6 Å². The number of aliphatic imine (C=N–C) groups is 1. The summed E-state index contributed by atoms with van der Waals surface area (Å²) in [5.74, 6) is -0.650.